The molecule has 0 atom stereocenters. The van der Waals surface area contributed by atoms with E-state index in [1.165, 1.54) is 36.4 Å². The molecule has 0 saturated carbocycles. The summed E-state index contributed by atoms with van der Waals surface area (Å²) in [6, 6.07) is 9.95. The number of hydrogen-bond acceptors (Lipinski definition) is 8. The Labute approximate surface area is 164 Å². The maximum atomic E-state index is 12.1. The molecule has 9 heteroatoms. The highest BCUT2D eigenvalue weighted by molar-refractivity contribution is 6.05. The van der Waals surface area contributed by atoms with Crippen LogP contribution in [0, 0.1) is 17.0 Å². The van der Waals surface area contributed by atoms with Gasteiger partial charge in [-0.2, -0.15) is 0 Å². The van der Waals surface area contributed by atoms with Crippen LogP contribution < -0.4 is 9.47 Å². The quantitative estimate of drug-likeness (QED) is 0.255. The third kappa shape index (κ3) is 4.52. The van der Waals surface area contributed by atoms with Crippen molar-refractivity contribution < 1.29 is 33.1 Å². The van der Waals surface area contributed by atoms with E-state index in [0.717, 1.165) is 0 Å². The second-order valence-corrected chi connectivity index (χ2v) is 5.93. The SMILES string of the molecule is CCOC(=O)c1c(C)oc2ccc(OC(=O)COc3ccc([N+](=O)[O-])cc3)cc12. The Balaban J connectivity index is 1.69. The zero-order valence-corrected chi connectivity index (χ0v) is 15.7. The van der Waals surface area contributed by atoms with Crippen LogP contribution in [-0.4, -0.2) is 30.1 Å². The molecule has 0 unspecified atom stereocenters. The number of nitro groups is 1. The van der Waals surface area contributed by atoms with Gasteiger partial charge in [-0.05, 0) is 44.2 Å². The first kappa shape index (κ1) is 19.9. The van der Waals surface area contributed by atoms with Crippen LogP contribution in [0.25, 0.3) is 11.0 Å². The number of carbonyl (C=O) groups excluding carboxylic acids is 2. The molecule has 0 spiro atoms. The van der Waals surface area contributed by atoms with E-state index in [4.69, 9.17) is 18.6 Å². The van der Waals surface area contributed by atoms with Crippen LogP contribution >= 0.6 is 0 Å². The van der Waals surface area contributed by atoms with Gasteiger partial charge in [-0.1, -0.05) is 0 Å². The molecule has 0 saturated heterocycles. The summed E-state index contributed by atoms with van der Waals surface area (Å²) in [5.74, 6) is -0.294. The highest BCUT2D eigenvalue weighted by Gasteiger charge is 2.20. The fourth-order valence-corrected chi connectivity index (χ4v) is 2.69. The average Bonchev–Trinajstić information content (AvgIpc) is 3.02. The lowest BCUT2D eigenvalue weighted by Gasteiger charge is -2.07. The molecule has 0 aliphatic carbocycles. The van der Waals surface area contributed by atoms with Gasteiger partial charge in [0.05, 0.1) is 11.5 Å². The molecule has 29 heavy (non-hydrogen) atoms. The Morgan fingerprint density at radius 1 is 1.10 bits per heavy atom. The average molecular weight is 399 g/mol. The fraction of sp³-hybridized carbons (Fsp3) is 0.200. The Kier molecular flexibility index (Phi) is 5.77. The molecule has 0 N–H and O–H groups in total. The number of esters is 2. The first-order chi connectivity index (χ1) is 13.9. The number of aryl methyl sites for hydroxylation is 1. The monoisotopic (exact) mass is 399 g/mol. The smallest absolute Gasteiger partial charge is 0.349 e. The normalized spacial score (nSPS) is 10.6. The maximum Gasteiger partial charge on any atom is 0.349 e. The van der Waals surface area contributed by atoms with Crippen LogP contribution in [0.5, 0.6) is 11.5 Å². The standard InChI is InChI=1S/C20H17NO8/c1-3-26-20(23)19-12(2)28-17-9-8-15(10-16(17)19)29-18(22)11-27-14-6-4-13(5-7-14)21(24)25/h4-10H,3,11H2,1-2H3. The Hall–Kier alpha value is -3.88. The van der Waals surface area contributed by atoms with Crippen molar-refractivity contribution in [2.75, 3.05) is 13.2 Å². The van der Waals surface area contributed by atoms with Crippen LogP contribution in [0.1, 0.15) is 23.0 Å². The Morgan fingerprint density at radius 3 is 2.45 bits per heavy atom. The molecule has 0 radical (unpaired) electrons. The molecule has 1 aromatic heterocycles. The summed E-state index contributed by atoms with van der Waals surface area (Å²) >= 11 is 0. The maximum absolute atomic E-state index is 12.1. The van der Waals surface area contributed by atoms with E-state index in [1.54, 1.807) is 19.9 Å². The number of non-ortho nitro benzene ring substituents is 1. The molecule has 0 amide bonds. The van der Waals surface area contributed by atoms with Crippen LogP contribution in [-0.2, 0) is 9.53 Å². The molecule has 0 bridgehead atoms. The minimum absolute atomic E-state index is 0.0824. The number of benzene rings is 2. The lowest BCUT2D eigenvalue weighted by Crippen LogP contribution is -2.17. The van der Waals surface area contributed by atoms with Crippen molar-refractivity contribution in [1.29, 1.82) is 0 Å². The number of carbonyl (C=O) groups is 2. The third-order valence-electron chi connectivity index (χ3n) is 3.95. The van der Waals surface area contributed by atoms with Crippen molar-refractivity contribution in [2.45, 2.75) is 13.8 Å². The van der Waals surface area contributed by atoms with Gasteiger partial charge in [0.1, 0.15) is 28.4 Å². The van der Waals surface area contributed by atoms with E-state index in [-0.39, 0.29) is 29.4 Å². The highest BCUT2D eigenvalue weighted by Crippen LogP contribution is 2.29. The Bertz CT molecular complexity index is 1070. The van der Waals surface area contributed by atoms with Crippen molar-refractivity contribution in [3.63, 3.8) is 0 Å². The number of rotatable bonds is 7. The van der Waals surface area contributed by atoms with Crippen LogP contribution in [0.15, 0.2) is 46.9 Å². The lowest BCUT2D eigenvalue weighted by atomic mass is 10.1. The van der Waals surface area contributed by atoms with Crippen LogP contribution in [0.3, 0.4) is 0 Å². The number of furan rings is 1. The first-order valence-corrected chi connectivity index (χ1v) is 8.67. The van der Waals surface area contributed by atoms with Crippen molar-refractivity contribution in [2.24, 2.45) is 0 Å². The van der Waals surface area contributed by atoms with Gasteiger partial charge in [-0.3, -0.25) is 10.1 Å². The van der Waals surface area contributed by atoms with Crippen molar-refractivity contribution >= 4 is 28.6 Å². The summed E-state index contributed by atoms with van der Waals surface area (Å²) in [5.41, 5.74) is 0.662. The zero-order chi connectivity index (χ0) is 21.0. The van der Waals surface area contributed by atoms with Crippen molar-refractivity contribution in [1.82, 2.24) is 0 Å². The largest absolute Gasteiger partial charge is 0.482 e. The molecule has 0 aliphatic heterocycles. The second-order valence-electron chi connectivity index (χ2n) is 5.93. The topological polar surface area (TPSA) is 118 Å². The number of nitrogens with zero attached hydrogens (tertiary/aromatic N) is 1. The van der Waals surface area contributed by atoms with Gasteiger partial charge in [-0.15, -0.1) is 0 Å². The molecule has 2 aromatic carbocycles. The first-order valence-electron chi connectivity index (χ1n) is 8.67. The lowest BCUT2D eigenvalue weighted by molar-refractivity contribution is -0.384. The zero-order valence-electron chi connectivity index (χ0n) is 15.7. The highest BCUT2D eigenvalue weighted by atomic mass is 16.6. The van der Waals surface area contributed by atoms with E-state index in [1.807, 2.05) is 0 Å². The van der Waals surface area contributed by atoms with E-state index >= 15 is 0 Å². The van der Waals surface area contributed by atoms with Crippen LogP contribution in [0.2, 0.25) is 0 Å². The van der Waals surface area contributed by atoms with E-state index in [9.17, 15) is 19.7 Å². The molecule has 3 aromatic rings. The summed E-state index contributed by atoms with van der Waals surface area (Å²) in [6.07, 6.45) is 0. The molecular weight excluding hydrogens is 382 g/mol. The predicted octanol–water partition coefficient (Wildman–Crippen LogP) is 3.81. The summed E-state index contributed by atoms with van der Waals surface area (Å²) in [6.45, 7) is 3.17. The fourth-order valence-electron chi connectivity index (χ4n) is 2.69. The number of hydrogen-bond donors (Lipinski definition) is 0. The van der Waals surface area contributed by atoms with Crippen LogP contribution in [0.4, 0.5) is 5.69 Å². The predicted molar refractivity (Wildman–Crippen MR) is 101 cm³/mol. The summed E-state index contributed by atoms with van der Waals surface area (Å²) in [4.78, 5) is 34.3. The second kappa shape index (κ2) is 8.42. The summed E-state index contributed by atoms with van der Waals surface area (Å²) in [7, 11) is 0. The minimum Gasteiger partial charge on any atom is -0.482 e. The number of nitro benzene ring substituents is 1. The summed E-state index contributed by atoms with van der Waals surface area (Å²) < 4.78 is 21.1. The van der Waals surface area contributed by atoms with Gasteiger partial charge in [-0.25, -0.2) is 9.59 Å². The molecule has 3 rings (SSSR count). The Morgan fingerprint density at radius 2 is 1.79 bits per heavy atom. The van der Waals surface area contributed by atoms with Gasteiger partial charge in [0.2, 0.25) is 0 Å². The number of fused-ring (bicyclic) bond motifs is 1. The van der Waals surface area contributed by atoms with Crippen molar-refractivity contribution in [3.05, 3.63) is 63.9 Å². The van der Waals surface area contributed by atoms with Gasteiger partial charge < -0.3 is 18.6 Å². The van der Waals surface area contributed by atoms with Crippen molar-refractivity contribution in [3.8, 4) is 11.5 Å². The molecule has 9 nitrogen and oxygen atoms in total. The molecule has 0 fully saturated rings. The molecule has 0 aliphatic rings. The van der Waals surface area contributed by atoms with Gasteiger partial charge in [0, 0.05) is 17.5 Å². The minimum atomic E-state index is -0.680. The molecular formula is C20H17NO8. The summed E-state index contributed by atoms with van der Waals surface area (Å²) in [5, 5.41) is 11.1. The van der Waals surface area contributed by atoms with Gasteiger partial charge in [0.25, 0.3) is 5.69 Å². The van der Waals surface area contributed by atoms with Gasteiger partial charge in [0.15, 0.2) is 6.61 Å². The molecule has 1 heterocycles. The van der Waals surface area contributed by atoms with E-state index < -0.39 is 23.5 Å². The third-order valence-corrected chi connectivity index (χ3v) is 3.95. The molecule has 150 valence electrons. The number of ether oxygens (including phenoxy) is 3. The van der Waals surface area contributed by atoms with E-state index in [0.29, 0.717) is 16.7 Å². The van der Waals surface area contributed by atoms with E-state index in [2.05, 4.69) is 0 Å². The van der Waals surface area contributed by atoms with Gasteiger partial charge >= 0.3 is 11.9 Å².